The Balaban J connectivity index is 1.42. The highest BCUT2D eigenvalue weighted by Gasteiger charge is 2.10. The van der Waals surface area contributed by atoms with Crippen molar-refractivity contribution < 1.29 is 4.74 Å². The lowest BCUT2D eigenvalue weighted by Crippen LogP contribution is -2.29. The number of nitrogens with one attached hydrogen (secondary N) is 2. The van der Waals surface area contributed by atoms with Crippen molar-refractivity contribution in [2.45, 2.75) is 19.3 Å². The third-order valence-corrected chi connectivity index (χ3v) is 4.87. The summed E-state index contributed by atoms with van der Waals surface area (Å²) in [5.74, 6) is 2.26. The van der Waals surface area contributed by atoms with Crippen LogP contribution >= 0.6 is 0 Å². The number of anilines is 5. The van der Waals surface area contributed by atoms with Crippen LogP contribution in [0.2, 0.25) is 0 Å². The van der Waals surface area contributed by atoms with Crippen molar-refractivity contribution in [2.24, 2.45) is 0 Å². The maximum absolute atomic E-state index is 5.26. The molecular formula is C22H25N5O. The summed E-state index contributed by atoms with van der Waals surface area (Å²) in [6.45, 7) is 2.30. The molecule has 1 aliphatic heterocycles. The van der Waals surface area contributed by atoms with Crippen LogP contribution in [-0.4, -0.2) is 30.2 Å². The van der Waals surface area contributed by atoms with Crippen LogP contribution in [0, 0.1) is 0 Å². The van der Waals surface area contributed by atoms with E-state index in [9.17, 15) is 0 Å². The average molecular weight is 375 g/mol. The maximum Gasteiger partial charge on any atom is 0.135 e. The molecule has 1 aliphatic rings. The van der Waals surface area contributed by atoms with Gasteiger partial charge in [0, 0.05) is 42.3 Å². The molecule has 2 heterocycles. The second-order valence-corrected chi connectivity index (χ2v) is 6.87. The van der Waals surface area contributed by atoms with Gasteiger partial charge in [0.1, 0.15) is 23.7 Å². The standard InChI is InChI=1S/C22H25N5O/c1-28-20-7-5-6-18(14-20)26-22-15-21(23-16-24-22)25-17-8-10-19(11-9-17)27-12-3-2-4-13-27/h5-11,14-16H,2-4,12-13H2,1H3,(H2,23,24,25,26). The highest BCUT2D eigenvalue weighted by atomic mass is 16.5. The van der Waals surface area contributed by atoms with E-state index in [1.165, 1.54) is 24.9 Å². The van der Waals surface area contributed by atoms with Gasteiger partial charge in [-0.1, -0.05) is 6.07 Å². The fourth-order valence-corrected chi connectivity index (χ4v) is 3.40. The van der Waals surface area contributed by atoms with E-state index in [4.69, 9.17) is 4.74 Å². The molecule has 0 unspecified atom stereocenters. The summed E-state index contributed by atoms with van der Waals surface area (Å²) in [7, 11) is 1.66. The monoisotopic (exact) mass is 375 g/mol. The van der Waals surface area contributed by atoms with Crippen molar-refractivity contribution in [1.29, 1.82) is 0 Å². The first kappa shape index (κ1) is 18.1. The summed E-state index contributed by atoms with van der Waals surface area (Å²) in [6.07, 6.45) is 5.46. The van der Waals surface area contributed by atoms with E-state index < -0.39 is 0 Å². The molecular weight excluding hydrogens is 350 g/mol. The van der Waals surface area contributed by atoms with E-state index in [2.05, 4.69) is 49.8 Å². The number of ether oxygens (including phenoxy) is 1. The topological polar surface area (TPSA) is 62.3 Å². The molecule has 0 radical (unpaired) electrons. The van der Waals surface area contributed by atoms with E-state index >= 15 is 0 Å². The molecule has 2 aromatic carbocycles. The van der Waals surface area contributed by atoms with Gasteiger partial charge in [-0.3, -0.25) is 0 Å². The number of methoxy groups -OCH3 is 1. The van der Waals surface area contributed by atoms with Crippen LogP contribution in [0.15, 0.2) is 60.9 Å². The number of piperidine rings is 1. The Labute approximate surface area is 165 Å². The minimum atomic E-state index is 0.718. The van der Waals surface area contributed by atoms with Crippen LogP contribution in [0.3, 0.4) is 0 Å². The van der Waals surface area contributed by atoms with E-state index in [1.54, 1.807) is 13.4 Å². The van der Waals surface area contributed by atoms with Crippen molar-refractivity contribution in [3.05, 3.63) is 60.9 Å². The molecule has 0 spiro atoms. The van der Waals surface area contributed by atoms with Crippen LogP contribution in [-0.2, 0) is 0 Å². The number of hydrogen-bond donors (Lipinski definition) is 2. The van der Waals surface area contributed by atoms with Gasteiger partial charge in [0.15, 0.2) is 0 Å². The van der Waals surface area contributed by atoms with Gasteiger partial charge in [-0.05, 0) is 55.7 Å². The van der Waals surface area contributed by atoms with E-state index in [-0.39, 0.29) is 0 Å². The van der Waals surface area contributed by atoms with Gasteiger partial charge in [-0.25, -0.2) is 9.97 Å². The van der Waals surface area contributed by atoms with Crippen molar-refractivity contribution in [3.8, 4) is 5.75 Å². The lowest BCUT2D eigenvalue weighted by molar-refractivity contribution is 0.415. The molecule has 1 fully saturated rings. The number of nitrogens with zero attached hydrogens (tertiary/aromatic N) is 3. The normalized spacial score (nSPS) is 13.8. The van der Waals surface area contributed by atoms with Crippen molar-refractivity contribution in [2.75, 3.05) is 35.7 Å². The second-order valence-electron chi connectivity index (χ2n) is 6.87. The molecule has 0 bridgehead atoms. The zero-order chi connectivity index (χ0) is 19.2. The van der Waals surface area contributed by atoms with Crippen molar-refractivity contribution >= 4 is 28.7 Å². The largest absolute Gasteiger partial charge is 0.497 e. The Bertz CT molecular complexity index is 907. The molecule has 0 aliphatic carbocycles. The first-order valence-electron chi connectivity index (χ1n) is 9.65. The van der Waals surface area contributed by atoms with E-state index in [0.717, 1.165) is 41.8 Å². The van der Waals surface area contributed by atoms with Gasteiger partial charge >= 0.3 is 0 Å². The summed E-state index contributed by atoms with van der Waals surface area (Å²) in [4.78, 5) is 11.1. The molecule has 1 aromatic heterocycles. The second kappa shape index (κ2) is 8.61. The Hall–Kier alpha value is -3.28. The summed E-state index contributed by atoms with van der Waals surface area (Å²) < 4.78 is 5.26. The lowest BCUT2D eigenvalue weighted by atomic mass is 10.1. The van der Waals surface area contributed by atoms with Gasteiger partial charge < -0.3 is 20.3 Å². The molecule has 28 heavy (non-hydrogen) atoms. The highest BCUT2D eigenvalue weighted by molar-refractivity contribution is 5.65. The zero-order valence-corrected chi connectivity index (χ0v) is 16.1. The Morgan fingerprint density at radius 3 is 2.25 bits per heavy atom. The first-order chi connectivity index (χ1) is 13.8. The minimum absolute atomic E-state index is 0.718. The smallest absolute Gasteiger partial charge is 0.135 e. The van der Waals surface area contributed by atoms with Gasteiger partial charge in [-0.2, -0.15) is 0 Å². The summed E-state index contributed by atoms with van der Waals surface area (Å²) in [5.41, 5.74) is 3.20. The number of hydrogen-bond acceptors (Lipinski definition) is 6. The molecule has 6 nitrogen and oxygen atoms in total. The Morgan fingerprint density at radius 2 is 1.54 bits per heavy atom. The van der Waals surface area contributed by atoms with Gasteiger partial charge in [0.05, 0.1) is 7.11 Å². The maximum atomic E-state index is 5.26. The molecule has 144 valence electrons. The van der Waals surface area contributed by atoms with Crippen molar-refractivity contribution in [1.82, 2.24) is 9.97 Å². The van der Waals surface area contributed by atoms with Crippen LogP contribution in [0.5, 0.6) is 5.75 Å². The Morgan fingerprint density at radius 1 is 0.821 bits per heavy atom. The summed E-state index contributed by atoms with van der Waals surface area (Å²) >= 11 is 0. The number of rotatable bonds is 6. The molecule has 0 saturated carbocycles. The molecule has 4 rings (SSSR count). The van der Waals surface area contributed by atoms with Crippen molar-refractivity contribution in [3.63, 3.8) is 0 Å². The molecule has 1 saturated heterocycles. The van der Waals surface area contributed by atoms with E-state index in [1.807, 2.05) is 30.3 Å². The Kier molecular flexibility index (Phi) is 5.56. The zero-order valence-electron chi connectivity index (χ0n) is 16.1. The number of aromatic nitrogens is 2. The molecule has 0 amide bonds. The third-order valence-electron chi connectivity index (χ3n) is 4.87. The molecule has 3 aromatic rings. The van der Waals surface area contributed by atoms with Gasteiger partial charge in [0.25, 0.3) is 0 Å². The minimum Gasteiger partial charge on any atom is -0.497 e. The predicted molar refractivity (Wildman–Crippen MR) is 114 cm³/mol. The molecule has 0 atom stereocenters. The van der Waals surface area contributed by atoms with Gasteiger partial charge in [0.2, 0.25) is 0 Å². The van der Waals surface area contributed by atoms with Crippen LogP contribution in [0.1, 0.15) is 19.3 Å². The molecule has 6 heteroatoms. The van der Waals surface area contributed by atoms with Gasteiger partial charge in [-0.15, -0.1) is 0 Å². The lowest BCUT2D eigenvalue weighted by Gasteiger charge is -2.28. The average Bonchev–Trinajstić information content (AvgIpc) is 2.75. The quantitative estimate of drug-likeness (QED) is 0.635. The van der Waals surface area contributed by atoms with E-state index in [0.29, 0.717) is 0 Å². The van der Waals surface area contributed by atoms with Crippen LogP contribution in [0.4, 0.5) is 28.7 Å². The van der Waals surface area contributed by atoms with Crippen LogP contribution in [0.25, 0.3) is 0 Å². The van der Waals surface area contributed by atoms with Crippen LogP contribution < -0.4 is 20.3 Å². The first-order valence-corrected chi connectivity index (χ1v) is 9.65. The SMILES string of the molecule is COc1cccc(Nc2cc(Nc3ccc(N4CCCCC4)cc3)ncn2)c1. The summed E-state index contributed by atoms with van der Waals surface area (Å²) in [6, 6.07) is 18.2. The fraction of sp³-hybridized carbons (Fsp3) is 0.273. The molecule has 2 N–H and O–H groups in total. The fourth-order valence-electron chi connectivity index (χ4n) is 3.40. The number of benzene rings is 2. The summed E-state index contributed by atoms with van der Waals surface area (Å²) in [5, 5.41) is 6.63. The highest BCUT2D eigenvalue weighted by Crippen LogP contribution is 2.25. The third kappa shape index (κ3) is 4.52. The predicted octanol–water partition coefficient (Wildman–Crippen LogP) is 4.96.